The van der Waals surface area contributed by atoms with Gasteiger partial charge in [-0.2, -0.15) is 0 Å². The highest BCUT2D eigenvalue weighted by atomic mass is 16.3. The number of nitrogens with zero attached hydrogens (tertiary/aromatic N) is 4. The van der Waals surface area contributed by atoms with Gasteiger partial charge in [0.1, 0.15) is 5.56 Å². The fraction of sp³-hybridized carbons (Fsp3) is 0.327. The lowest BCUT2D eigenvalue weighted by atomic mass is 9.83. The second-order valence-electron chi connectivity index (χ2n) is 15.1. The zero-order valence-corrected chi connectivity index (χ0v) is 34.2. The van der Waals surface area contributed by atoms with Gasteiger partial charge in [-0.1, -0.05) is 99.5 Å². The van der Waals surface area contributed by atoms with Gasteiger partial charge in [0.15, 0.2) is 0 Å². The largest absolute Gasteiger partial charge is 0.494 e. The molecular weight excluding hydrogens is 693 g/mol. The molecule has 1 aliphatic carbocycles. The number of unbranched alkanes of at least 4 members (excludes halogenated alkanes) is 2. The van der Waals surface area contributed by atoms with E-state index in [1.54, 1.807) is 0 Å². The van der Waals surface area contributed by atoms with Crippen LogP contribution in [0.2, 0.25) is 0 Å². The number of anilines is 1. The van der Waals surface area contributed by atoms with E-state index in [2.05, 4.69) is 119 Å². The second-order valence-corrected chi connectivity index (χ2v) is 15.1. The van der Waals surface area contributed by atoms with Gasteiger partial charge in [0.05, 0.1) is 5.69 Å². The van der Waals surface area contributed by atoms with E-state index in [4.69, 9.17) is 4.99 Å². The molecule has 1 N–H and O–H groups in total. The van der Waals surface area contributed by atoms with Gasteiger partial charge in [-0.25, -0.2) is 4.79 Å². The summed E-state index contributed by atoms with van der Waals surface area (Å²) in [4.78, 5) is 35.4. The Hall–Kier alpha value is -5.69. The van der Waals surface area contributed by atoms with E-state index in [9.17, 15) is 14.7 Å². The fourth-order valence-electron chi connectivity index (χ4n) is 7.81. The van der Waals surface area contributed by atoms with Crippen LogP contribution in [-0.2, 0) is 13.1 Å². The zero-order chi connectivity index (χ0) is 39.9. The number of benzene rings is 4. The Morgan fingerprint density at radius 1 is 0.821 bits per heavy atom. The monoisotopic (exact) mass is 748 g/mol. The molecule has 290 valence electrons. The number of aliphatic imine (C=N–C) groups is 1. The average molecular weight is 749 g/mol. The van der Waals surface area contributed by atoms with Gasteiger partial charge in [-0.15, -0.1) is 0 Å². The molecule has 0 spiro atoms. The van der Waals surface area contributed by atoms with Gasteiger partial charge in [0.2, 0.25) is 5.88 Å². The smallest absolute Gasteiger partial charge is 0.333 e. The molecule has 5 aromatic rings. The molecule has 7 heteroatoms. The summed E-state index contributed by atoms with van der Waals surface area (Å²) in [5.41, 5.74) is 8.12. The number of fused-ring (bicyclic) bond motifs is 2. The van der Waals surface area contributed by atoms with Crippen LogP contribution in [-0.4, -0.2) is 27.0 Å². The molecule has 0 aliphatic heterocycles. The fourth-order valence-corrected chi connectivity index (χ4v) is 7.81. The van der Waals surface area contributed by atoms with Crippen LogP contribution in [0.4, 0.5) is 11.4 Å². The van der Waals surface area contributed by atoms with Crippen molar-refractivity contribution in [3.63, 3.8) is 0 Å². The van der Waals surface area contributed by atoms with Gasteiger partial charge in [-0.05, 0) is 133 Å². The molecule has 0 radical (unpaired) electrons. The normalized spacial score (nSPS) is 14.9. The molecule has 56 heavy (non-hydrogen) atoms. The standard InChI is InChI=1S/C49H56N4O3/c1-8-10-31-52-47(54)46(48(55)53(49(52)56)32-11-9-2)45-39(25-23-33(3)50-43-29-27-37-17-12-14-21-41(37)35(43)5)19-16-20-40(45)26-24-34(4)51(7)44-30-28-38-18-13-15-22-42(38)36(44)6/h12-15,17-18,21-30,54H,8-11,16,19-20,31-32H2,1-7H3/b25-23+,34-24+,40-26+,50-33+. The number of rotatable bonds is 13. The molecule has 0 fully saturated rings. The van der Waals surface area contributed by atoms with E-state index in [0.717, 1.165) is 65.2 Å². The molecule has 0 bridgehead atoms. The molecule has 0 atom stereocenters. The highest BCUT2D eigenvalue weighted by Crippen LogP contribution is 2.40. The van der Waals surface area contributed by atoms with E-state index in [-0.39, 0.29) is 11.4 Å². The van der Waals surface area contributed by atoms with Crippen LogP contribution >= 0.6 is 0 Å². The maximum Gasteiger partial charge on any atom is 0.333 e. The van der Waals surface area contributed by atoms with Gasteiger partial charge in [0, 0.05) is 37.2 Å². The minimum Gasteiger partial charge on any atom is -0.494 e. The minimum atomic E-state index is -0.450. The number of aromatic nitrogens is 2. The van der Waals surface area contributed by atoms with Crippen molar-refractivity contribution >= 4 is 44.2 Å². The van der Waals surface area contributed by atoms with Gasteiger partial charge >= 0.3 is 5.69 Å². The Morgan fingerprint density at radius 3 is 2.12 bits per heavy atom. The van der Waals surface area contributed by atoms with Crippen LogP contribution in [0.25, 0.3) is 27.1 Å². The van der Waals surface area contributed by atoms with Gasteiger partial charge < -0.3 is 10.0 Å². The lowest BCUT2D eigenvalue weighted by Crippen LogP contribution is -2.41. The Kier molecular flexibility index (Phi) is 12.7. The van der Waals surface area contributed by atoms with Crippen molar-refractivity contribution in [2.75, 3.05) is 11.9 Å². The first-order chi connectivity index (χ1) is 27.0. The van der Waals surface area contributed by atoms with E-state index in [1.165, 1.54) is 36.2 Å². The van der Waals surface area contributed by atoms with Crippen molar-refractivity contribution in [3.05, 3.63) is 151 Å². The summed E-state index contributed by atoms with van der Waals surface area (Å²) in [6.07, 6.45) is 13.6. The third-order valence-electron chi connectivity index (χ3n) is 11.2. The first-order valence-corrected chi connectivity index (χ1v) is 20.2. The second kappa shape index (κ2) is 17.8. The maximum absolute atomic E-state index is 14.5. The molecule has 1 aliphatic rings. The molecule has 0 amide bonds. The molecule has 6 rings (SSSR count). The van der Waals surface area contributed by atoms with Crippen LogP contribution < -0.4 is 16.1 Å². The Bertz CT molecular complexity index is 2540. The summed E-state index contributed by atoms with van der Waals surface area (Å²) in [5, 5.41) is 16.7. The van der Waals surface area contributed by atoms with Crippen molar-refractivity contribution in [1.82, 2.24) is 9.13 Å². The molecule has 1 aromatic heterocycles. The Balaban J connectivity index is 1.50. The summed E-state index contributed by atoms with van der Waals surface area (Å²) < 4.78 is 2.74. The highest BCUT2D eigenvalue weighted by Gasteiger charge is 2.27. The summed E-state index contributed by atoms with van der Waals surface area (Å²) in [7, 11) is 2.08. The van der Waals surface area contributed by atoms with Crippen LogP contribution in [0, 0.1) is 13.8 Å². The summed E-state index contributed by atoms with van der Waals surface area (Å²) in [5.74, 6) is -0.253. The zero-order valence-electron chi connectivity index (χ0n) is 34.2. The number of aromatic hydroxyl groups is 1. The average Bonchev–Trinajstić information content (AvgIpc) is 3.20. The van der Waals surface area contributed by atoms with E-state index >= 15 is 0 Å². The minimum absolute atomic E-state index is 0.201. The van der Waals surface area contributed by atoms with Crippen molar-refractivity contribution in [3.8, 4) is 5.88 Å². The molecule has 0 saturated carbocycles. The van der Waals surface area contributed by atoms with Crippen LogP contribution in [0.5, 0.6) is 5.88 Å². The lowest BCUT2D eigenvalue weighted by Gasteiger charge is -2.25. The molecule has 1 heterocycles. The maximum atomic E-state index is 14.5. The van der Waals surface area contributed by atoms with Crippen molar-refractivity contribution in [1.29, 1.82) is 0 Å². The lowest BCUT2D eigenvalue weighted by molar-refractivity contribution is 0.380. The van der Waals surface area contributed by atoms with Gasteiger partial charge in [0.25, 0.3) is 5.56 Å². The SMILES string of the molecule is CCCCn1c(O)c(C2=C(/C=C/C(C)=N/c3ccc4ccccc4c3C)CCC/C2=C\C=C(/C)N(C)c2ccc3ccccc3c2C)c(=O)n(CCCC)c1=O. The third kappa shape index (κ3) is 8.28. The van der Waals surface area contributed by atoms with Crippen LogP contribution in [0.15, 0.2) is 129 Å². The highest BCUT2D eigenvalue weighted by molar-refractivity contribution is 5.98. The quantitative estimate of drug-likeness (QED) is 0.122. The molecule has 0 saturated heterocycles. The van der Waals surface area contributed by atoms with Crippen LogP contribution in [0.3, 0.4) is 0 Å². The summed E-state index contributed by atoms with van der Waals surface area (Å²) >= 11 is 0. The van der Waals surface area contributed by atoms with Crippen molar-refractivity contribution in [2.24, 2.45) is 4.99 Å². The molecular formula is C49H56N4O3. The van der Waals surface area contributed by atoms with E-state index in [1.807, 2.05) is 32.1 Å². The Labute approximate surface area is 331 Å². The number of aryl methyl sites for hydroxylation is 2. The van der Waals surface area contributed by atoms with Crippen molar-refractivity contribution < 1.29 is 5.11 Å². The molecule has 4 aromatic carbocycles. The Morgan fingerprint density at radius 2 is 1.45 bits per heavy atom. The first kappa shape index (κ1) is 40.0. The predicted octanol–water partition coefficient (Wildman–Crippen LogP) is 11.5. The number of hydrogen-bond acceptors (Lipinski definition) is 5. The van der Waals surface area contributed by atoms with E-state index in [0.29, 0.717) is 37.9 Å². The van der Waals surface area contributed by atoms with Crippen molar-refractivity contribution in [2.45, 2.75) is 99.6 Å². The van der Waals surface area contributed by atoms with Gasteiger partial charge in [-0.3, -0.25) is 18.9 Å². The predicted molar refractivity (Wildman–Crippen MR) is 237 cm³/mol. The summed E-state index contributed by atoms with van der Waals surface area (Å²) in [6, 6.07) is 25.2. The first-order valence-electron chi connectivity index (χ1n) is 20.2. The summed E-state index contributed by atoms with van der Waals surface area (Å²) in [6.45, 7) is 13.1. The molecule has 0 unspecified atom stereocenters. The topological polar surface area (TPSA) is 79.8 Å². The van der Waals surface area contributed by atoms with E-state index < -0.39 is 11.2 Å². The van der Waals surface area contributed by atoms with Crippen LogP contribution in [0.1, 0.15) is 89.3 Å². The number of hydrogen-bond donors (Lipinski definition) is 1. The number of allylic oxidation sites excluding steroid dienone is 8. The third-order valence-corrected chi connectivity index (χ3v) is 11.2. The molecule has 7 nitrogen and oxygen atoms in total.